The van der Waals surface area contributed by atoms with Crippen LogP contribution in [0.1, 0.15) is 11.8 Å². The van der Waals surface area contributed by atoms with Crippen LogP contribution in [0.5, 0.6) is 0 Å². The van der Waals surface area contributed by atoms with Gasteiger partial charge in [-0.1, -0.05) is 0 Å². The van der Waals surface area contributed by atoms with Crippen molar-refractivity contribution in [1.29, 1.82) is 0 Å². The molecule has 3 nitrogen and oxygen atoms in total. The summed E-state index contributed by atoms with van der Waals surface area (Å²) in [7, 11) is 0. The molecule has 0 spiro atoms. The van der Waals surface area contributed by atoms with Crippen molar-refractivity contribution >= 4 is 5.91 Å². The molecule has 0 aliphatic rings. The topological polar surface area (TPSA) is 56.0 Å². The zero-order valence-electron chi connectivity index (χ0n) is 5.90. The van der Waals surface area contributed by atoms with E-state index in [2.05, 4.69) is 17.8 Å². The van der Waals surface area contributed by atoms with Gasteiger partial charge in [0.05, 0.1) is 5.56 Å². The number of carbonyl (C=O) groups excluding carboxylic acids is 1. The Kier molecular flexibility index (Phi) is 4.18. The van der Waals surface area contributed by atoms with E-state index in [4.69, 9.17) is 5.73 Å². The normalized spacial score (nSPS) is 7.45. The molecule has 0 saturated carbocycles. The van der Waals surface area contributed by atoms with Gasteiger partial charge in [0.1, 0.15) is 0 Å². The molecule has 0 atom stereocenters. The lowest BCUT2D eigenvalue weighted by molar-refractivity contribution is 0.1000. The Morgan fingerprint density at radius 2 is 2.27 bits per heavy atom. The summed E-state index contributed by atoms with van der Waals surface area (Å²) in [6.07, 6.45) is 11.0. The summed E-state index contributed by atoms with van der Waals surface area (Å²) in [5.74, 6) is -0.442. The van der Waals surface area contributed by atoms with Crippen LogP contribution in [0, 0.1) is 12.8 Å². The molecule has 58 valence electrons. The monoisotopic (exact) mass is 150 g/mol. The number of hydrogen-bond donors (Lipinski definition) is 1. The van der Waals surface area contributed by atoms with E-state index in [0.29, 0.717) is 5.56 Å². The fraction of sp³-hybridized carbons (Fsp3) is 0. The van der Waals surface area contributed by atoms with Crippen molar-refractivity contribution in [3.63, 3.8) is 0 Å². The maximum atomic E-state index is 10.4. The highest BCUT2D eigenvalue weighted by Crippen LogP contribution is 1.91. The van der Waals surface area contributed by atoms with Gasteiger partial charge in [-0.15, -0.1) is 12.8 Å². The van der Waals surface area contributed by atoms with Gasteiger partial charge in [0.15, 0.2) is 0 Å². The Morgan fingerprint density at radius 1 is 1.64 bits per heavy atom. The number of primary amides is 1. The van der Waals surface area contributed by atoms with Crippen LogP contribution in [0.2, 0.25) is 0 Å². The van der Waals surface area contributed by atoms with Crippen molar-refractivity contribution in [2.75, 3.05) is 0 Å². The van der Waals surface area contributed by atoms with Crippen LogP contribution in [0.15, 0.2) is 24.5 Å². The molecule has 1 aromatic heterocycles. The smallest absolute Gasteiger partial charge is 0.250 e. The molecule has 3 heteroatoms. The van der Waals surface area contributed by atoms with E-state index < -0.39 is 5.91 Å². The first-order chi connectivity index (χ1) is 5.30. The van der Waals surface area contributed by atoms with Crippen LogP contribution in [0.25, 0.3) is 0 Å². The summed E-state index contributed by atoms with van der Waals surface area (Å²) < 4.78 is 0. The third-order valence-corrected chi connectivity index (χ3v) is 0.946. The van der Waals surface area contributed by atoms with Crippen molar-refractivity contribution in [1.82, 2.24) is 4.98 Å². The quantitative estimate of drug-likeness (QED) is 0.598. The molecule has 0 unspecified atom stereocenters. The molecule has 1 heterocycles. The molecule has 1 aromatic rings. The van der Waals surface area contributed by atoms with Gasteiger partial charge >= 0.3 is 0 Å². The summed E-state index contributed by atoms with van der Waals surface area (Å²) in [5.41, 5.74) is 5.38. The Bertz CT molecular complexity index is 246. The van der Waals surface area contributed by atoms with Crippen molar-refractivity contribution < 1.29 is 6.22 Å². The minimum absolute atomic E-state index is 0. The largest absolute Gasteiger partial charge is 0.366 e. The molecule has 0 aliphatic heterocycles. The molecule has 0 saturated heterocycles. The number of carbonyl (C=O) groups is 1. The maximum Gasteiger partial charge on any atom is 0.250 e. The number of pyridine rings is 1. The van der Waals surface area contributed by atoms with E-state index in [-0.39, 0.29) is 1.43 Å². The van der Waals surface area contributed by atoms with Crippen molar-refractivity contribution in [3.8, 4) is 12.8 Å². The summed E-state index contributed by atoms with van der Waals surface area (Å²) in [4.78, 5) is 14.1. The molecule has 2 N–H and O–H groups in total. The second-order valence-corrected chi connectivity index (χ2v) is 1.61. The SMILES string of the molecule is C#C.NC(=O)c1cccnc1.[HH]. The van der Waals surface area contributed by atoms with Gasteiger partial charge in [0.2, 0.25) is 5.91 Å². The molecule has 11 heavy (non-hydrogen) atoms. The molecule has 1 rings (SSSR count). The number of nitrogens with zero attached hydrogens (tertiary/aromatic N) is 1. The first-order valence-electron chi connectivity index (χ1n) is 2.84. The van der Waals surface area contributed by atoms with Gasteiger partial charge in [-0.3, -0.25) is 9.78 Å². The van der Waals surface area contributed by atoms with E-state index in [9.17, 15) is 4.79 Å². The summed E-state index contributed by atoms with van der Waals surface area (Å²) >= 11 is 0. The minimum Gasteiger partial charge on any atom is -0.366 e. The van der Waals surface area contributed by atoms with Crippen LogP contribution >= 0.6 is 0 Å². The van der Waals surface area contributed by atoms with Gasteiger partial charge in [0, 0.05) is 13.8 Å². The number of terminal acetylenes is 1. The van der Waals surface area contributed by atoms with E-state index in [1.54, 1.807) is 18.3 Å². The highest BCUT2D eigenvalue weighted by atomic mass is 16.1. The summed E-state index contributed by atoms with van der Waals surface area (Å²) in [5, 5.41) is 0. The molecule has 0 bridgehead atoms. The second-order valence-electron chi connectivity index (χ2n) is 1.61. The van der Waals surface area contributed by atoms with Gasteiger partial charge in [-0.2, -0.15) is 0 Å². The fourth-order valence-electron chi connectivity index (χ4n) is 0.509. The lowest BCUT2D eigenvalue weighted by atomic mass is 10.3. The predicted molar refractivity (Wildman–Crippen MR) is 44.8 cm³/mol. The van der Waals surface area contributed by atoms with Crippen LogP contribution in [-0.4, -0.2) is 10.9 Å². The molecule has 0 fully saturated rings. The molecule has 0 radical (unpaired) electrons. The third-order valence-electron chi connectivity index (χ3n) is 0.946. The van der Waals surface area contributed by atoms with Gasteiger partial charge in [0.25, 0.3) is 0 Å². The Hall–Kier alpha value is -1.82. The third kappa shape index (κ3) is 3.01. The fourth-order valence-corrected chi connectivity index (χ4v) is 0.509. The molecule has 0 aliphatic carbocycles. The van der Waals surface area contributed by atoms with E-state index in [0.717, 1.165) is 0 Å². The Labute approximate surface area is 66.7 Å². The van der Waals surface area contributed by atoms with Gasteiger partial charge in [-0.05, 0) is 12.1 Å². The summed E-state index contributed by atoms with van der Waals surface area (Å²) in [6, 6.07) is 3.29. The first kappa shape index (κ1) is 9.18. The van der Waals surface area contributed by atoms with Crippen LogP contribution in [0.4, 0.5) is 0 Å². The van der Waals surface area contributed by atoms with Gasteiger partial charge < -0.3 is 5.73 Å². The van der Waals surface area contributed by atoms with Crippen molar-refractivity contribution in [2.45, 2.75) is 0 Å². The number of rotatable bonds is 1. The highest BCUT2D eigenvalue weighted by Gasteiger charge is 1.94. The lowest BCUT2D eigenvalue weighted by Gasteiger charge is -1.88. The Morgan fingerprint density at radius 3 is 2.55 bits per heavy atom. The zero-order chi connectivity index (χ0) is 8.69. The van der Waals surface area contributed by atoms with E-state index in [1.165, 1.54) is 6.20 Å². The van der Waals surface area contributed by atoms with Crippen LogP contribution < -0.4 is 5.73 Å². The second kappa shape index (κ2) is 5.00. The first-order valence-corrected chi connectivity index (χ1v) is 2.84. The number of hydrogen-bond acceptors (Lipinski definition) is 2. The number of aromatic nitrogens is 1. The average Bonchev–Trinajstić information content (AvgIpc) is 2.10. The van der Waals surface area contributed by atoms with Crippen molar-refractivity contribution in [2.24, 2.45) is 5.73 Å². The summed E-state index contributed by atoms with van der Waals surface area (Å²) in [6.45, 7) is 0. The van der Waals surface area contributed by atoms with Crippen LogP contribution in [-0.2, 0) is 0 Å². The maximum absolute atomic E-state index is 10.4. The zero-order valence-corrected chi connectivity index (χ0v) is 5.90. The number of nitrogens with two attached hydrogens (primary N) is 1. The molecular formula is C8H10N2O. The van der Waals surface area contributed by atoms with E-state index >= 15 is 0 Å². The Balaban J connectivity index is 0. The van der Waals surface area contributed by atoms with E-state index in [1.807, 2.05) is 0 Å². The predicted octanol–water partition coefficient (Wildman–Crippen LogP) is 0.676. The molecule has 0 aromatic carbocycles. The molecular weight excluding hydrogens is 140 g/mol. The van der Waals surface area contributed by atoms with Crippen LogP contribution in [0.3, 0.4) is 0 Å². The molecule has 1 amide bonds. The minimum atomic E-state index is -0.442. The van der Waals surface area contributed by atoms with Gasteiger partial charge in [-0.25, -0.2) is 0 Å². The highest BCUT2D eigenvalue weighted by molar-refractivity contribution is 5.92. The number of amides is 1. The lowest BCUT2D eigenvalue weighted by Crippen LogP contribution is -2.10. The van der Waals surface area contributed by atoms with Crippen molar-refractivity contribution in [3.05, 3.63) is 30.1 Å². The average molecular weight is 150 g/mol. The standard InChI is InChI=1S/C6H6N2O.C2H2.H2/c7-6(9)5-2-1-3-8-4-5;1-2;/h1-4H,(H2,7,9);1-2H;1H.